The summed E-state index contributed by atoms with van der Waals surface area (Å²) in [6.07, 6.45) is 3.80. The molecule has 0 spiro atoms. The topological polar surface area (TPSA) is 23.8 Å². The highest BCUT2D eigenvalue weighted by Gasteiger charge is 2.02. The number of hydrogen-bond donors (Lipinski definition) is 0. The SMILES string of the molecule is C=CC(C#N)CCC(C)C. The molecule has 0 saturated carbocycles. The minimum Gasteiger partial charge on any atom is -0.198 e. The first kappa shape index (κ1) is 9.23. The standard InChI is InChI=1S/C9H15N/c1-4-9(7-10)6-5-8(2)3/h4,8-9H,1,5-6H2,2-3H3. The molecule has 1 unspecified atom stereocenters. The van der Waals surface area contributed by atoms with Gasteiger partial charge in [0.15, 0.2) is 0 Å². The number of allylic oxidation sites excluding steroid dienone is 1. The Labute approximate surface area is 63.4 Å². The molecule has 1 atom stereocenters. The Morgan fingerprint density at radius 3 is 2.40 bits per heavy atom. The van der Waals surface area contributed by atoms with E-state index in [1.54, 1.807) is 6.08 Å². The molecule has 0 aromatic heterocycles. The van der Waals surface area contributed by atoms with Crippen molar-refractivity contribution in [2.75, 3.05) is 0 Å². The van der Waals surface area contributed by atoms with Gasteiger partial charge in [-0.05, 0) is 18.8 Å². The van der Waals surface area contributed by atoms with Crippen LogP contribution in [0.4, 0.5) is 0 Å². The zero-order valence-electron chi connectivity index (χ0n) is 6.80. The van der Waals surface area contributed by atoms with Crippen molar-refractivity contribution in [2.24, 2.45) is 11.8 Å². The molecule has 0 aliphatic rings. The third-order valence-corrected chi connectivity index (χ3v) is 1.51. The average molecular weight is 137 g/mol. The minimum atomic E-state index is 0.0578. The van der Waals surface area contributed by atoms with Gasteiger partial charge in [0.25, 0.3) is 0 Å². The van der Waals surface area contributed by atoms with Gasteiger partial charge >= 0.3 is 0 Å². The Morgan fingerprint density at radius 2 is 2.10 bits per heavy atom. The number of nitrogens with zero attached hydrogens (tertiary/aromatic N) is 1. The van der Waals surface area contributed by atoms with E-state index in [2.05, 4.69) is 26.5 Å². The Balaban J connectivity index is 3.47. The summed E-state index contributed by atoms with van der Waals surface area (Å²) in [6, 6.07) is 2.19. The van der Waals surface area contributed by atoms with Crippen LogP contribution >= 0.6 is 0 Å². The largest absolute Gasteiger partial charge is 0.198 e. The van der Waals surface area contributed by atoms with Crippen molar-refractivity contribution in [1.29, 1.82) is 5.26 Å². The number of rotatable bonds is 4. The quantitative estimate of drug-likeness (QED) is 0.546. The lowest BCUT2D eigenvalue weighted by atomic mass is 9.99. The van der Waals surface area contributed by atoms with Crippen molar-refractivity contribution in [3.05, 3.63) is 12.7 Å². The van der Waals surface area contributed by atoms with Gasteiger partial charge in [-0.15, -0.1) is 6.58 Å². The molecule has 1 nitrogen and oxygen atoms in total. The first-order chi connectivity index (χ1) is 4.70. The Morgan fingerprint density at radius 1 is 1.50 bits per heavy atom. The lowest BCUT2D eigenvalue weighted by Gasteiger charge is -2.04. The molecule has 0 aliphatic carbocycles. The molecular weight excluding hydrogens is 122 g/mol. The Hall–Kier alpha value is -0.770. The third-order valence-electron chi connectivity index (χ3n) is 1.51. The molecule has 0 saturated heterocycles. The van der Waals surface area contributed by atoms with Gasteiger partial charge in [-0.1, -0.05) is 19.9 Å². The van der Waals surface area contributed by atoms with Crippen molar-refractivity contribution < 1.29 is 0 Å². The summed E-state index contributed by atoms with van der Waals surface area (Å²) in [7, 11) is 0. The molecule has 0 fully saturated rings. The maximum absolute atomic E-state index is 8.52. The molecule has 0 amide bonds. The Kier molecular flexibility index (Phi) is 4.66. The highest BCUT2D eigenvalue weighted by Crippen LogP contribution is 2.11. The zero-order chi connectivity index (χ0) is 7.98. The molecule has 0 heterocycles. The van der Waals surface area contributed by atoms with E-state index in [4.69, 9.17) is 5.26 Å². The van der Waals surface area contributed by atoms with E-state index in [1.807, 2.05) is 0 Å². The molecule has 0 bridgehead atoms. The molecule has 0 rings (SSSR count). The van der Waals surface area contributed by atoms with E-state index in [9.17, 15) is 0 Å². The van der Waals surface area contributed by atoms with Crippen molar-refractivity contribution >= 4 is 0 Å². The van der Waals surface area contributed by atoms with Crippen LogP contribution in [0.15, 0.2) is 12.7 Å². The van der Waals surface area contributed by atoms with Crippen molar-refractivity contribution in [1.82, 2.24) is 0 Å². The zero-order valence-corrected chi connectivity index (χ0v) is 6.80. The Bertz CT molecular complexity index is 130. The first-order valence-electron chi connectivity index (χ1n) is 3.73. The number of hydrogen-bond acceptors (Lipinski definition) is 1. The van der Waals surface area contributed by atoms with Gasteiger partial charge in [0.2, 0.25) is 0 Å². The fraction of sp³-hybridized carbons (Fsp3) is 0.667. The van der Waals surface area contributed by atoms with E-state index in [-0.39, 0.29) is 5.92 Å². The molecule has 0 N–H and O–H groups in total. The molecule has 0 aliphatic heterocycles. The summed E-state index contributed by atoms with van der Waals surface area (Å²) in [5, 5.41) is 8.52. The van der Waals surface area contributed by atoms with Crippen LogP contribution in [0, 0.1) is 23.2 Å². The van der Waals surface area contributed by atoms with Gasteiger partial charge in [0, 0.05) is 0 Å². The molecule has 10 heavy (non-hydrogen) atoms. The van der Waals surface area contributed by atoms with E-state index in [0.717, 1.165) is 12.8 Å². The second-order valence-electron chi connectivity index (χ2n) is 2.94. The van der Waals surface area contributed by atoms with Crippen LogP contribution in [0.5, 0.6) is 0 Å². The minimum absolute atomic E-state index is 0.0578. The fourth-order valence-electron chi connectivity index (χ4n) is 0.748. The van der Waals surface area contributed by atoms with Crippen molar-refractivity contribution in [3.8, 4) is 6.07 Å². The predicted octanol–water partition coefficient (Wildman–Crippen LogP) is 2.75. The molecule has 0 aromatic rings. The molecule has 0 aromatic carbocycles. The summed E-state index contributed by atoms with van der Waals surface area (Å²) >= 11 is 0. The van der Waals surface area contributed by atoms with Crippen LogP contribution < -0.4 is 0 Å². The van der Waals surface area contributed by atoms with E-state index >= 15 is 0 Å². The second-order valence-corrected chi connectivity index (χ2v) is 2.94. The van der Waals surface area contributed by atoms with Crippen LogP contribution in [0.2, 0.25) is 0 Å². The predicted molar refractivity (Wildman–Crippen MR) is 43.4 cm³/mol. The molecular formula is C9H15N. The van der Waals surface area contributed by atoms with Crippen LogP contribution in [-0.2, 0) is 0 Å². The summed E-state index contributed by atoms with van der Waals surface area (Å²) in [4.78, 5) is 0. The first-order valence-corrected chi connectivity index (χ1v) is 3.73. The second kappa shape index (κ2) is 5.05. The normalized spacial score (nSPS) is 12.6. The van der Waals surface area contributed by atoms with Gasteiger partial charge in [0.1, 0.15) is 0 Å². The van der Waals surface area contributed by atoms with Crippen molar-refractivity contribution in [3.63, 3.8) is 0 Å². The lowest BCUT2D eigenvalue weighted by Crippen LogP contribution is -1.95. The maximum atomic E-state index is 8.52. The van der Waals surface area contributed by atoms with Crippen LogP contribution in [0.3, 0.4) is 0 Å². The van der Waals surface area contributed by atoms with Gasteiger partial charge in [0.05, 0.1) is 12.0 Å². The lowest BCUT2D eigenvalue weighted by molar-refractivity contribution is 0.527. The van der Waals surface area contributed by atoms with Gasteiger partial charge in [-0.25, -0.2) is 0 Å². The van der Waals surface area contributed by atoms with Gasteiger partial charge < -0.3 is 0 Å². The summed E-state index contributed by atoms with van der Waals surface area (Å²) < 4.78 is 0. The maximum Gasteiger partial charge on any atom is 0.0697 e. The van der Waals surface area contributed by atoms with E-state index in [1.165, 1.54) is 0 Å². The fourth-order valence-corrected chi connectivity index (χ4v) is 0.748. The smallest absolute Gasteiger partial charge is 0.0697 e. The van der Waals surface area contributed by atoms with Crippen LogP contribution in [0.1, 0.15) is 26.7 Å². The van der Waals surface area contributed by atoms with E-state index < -0.39 is 0 Å². The highest BCUT2D eigenvalue weighted by molar-refractivity contribution is 4.94. The van der Waals surface area contributed by atoms with Gasteiger partial charge in [-0.2, -0.15) is 5.26 Å². The van der Waals surface area contributed by atoms with Crippen LogP contribution in [0.25, 0.3) is 0 Å². The van der Waals surface area contributed by atoms with Crippen LogP contribution in [-0.4, -0.2) is 0 Å². The summed E-state index contributed by atoms with van der Waals surface area (Å²) in [5.74, 6) is 0.748. The molecule has 0 radical (unpaired) electrons. The van der Waals surface area contributed by atoms with Gasteiger partial charge in [-0.3, -0.25) is 0 Å². The summed E-state index contributed by atoms with van der Waals surface area (Å²) in [5.41, 5.74) is 0. The third kappa shape index (κ3) is 4.14. The highest BCUT2D eigenvalue weighted by atomic mass is 14.3. The summed E-state index contributed by atoms with van der Waals surface area (Å²) in [6.45, 7) is 7.92. The number of nitriles is 1. The molecule has 56 valence electrons. The molecule has 1 heteroatoms. The average Bonchev–Trinajstić information content (AvgIpc) is 1.90. The monoisotopic (exact) mass is 137 g/mol. The van der Waals surface area contributed by atoms with E-state index in [0.29, 0.717) is 5.92 Å². The van der Waals surface area contributed by atoms with Crippen molar-refractivity contribution in [2.45, 2.75) is 26.7 Å².